The van der Waals surface area contributed by atoms with Crippen molar-refractivity contribution in [2.24, 2.45) is 0 Å². The maximum atomic E-state index is 12.6. The molecule has 0 aromatic heterocycles. The summed E-state index contributed by atoms with van der Waals surface area (Å²) in [6.45, 7) is 16.9. The van der Waals surface area contributed by atoms with Crippen molar-refractivity contribution in [3.63, 3.8) is 0 Å². The van der Waals surface area contributed by atoms with Crippen LogP contribution in [0, 0.1) is 13.8 Å². The van der Waals surface area contributed by atoms with E-state index in [2.05, 4.69) is 46.8 Å². The van der Waals surface area contributed by atoms with Gasteiger partial charge in [0.1, 0.15) is 4.75 Å². The van der Waals surface area contributed by atoms with Gasteiger partial charge in [0.05, 0.1) is 0 Å². The van der Waals surface area contributed by atoms with E-state index in [1.807, 2.05) is 20.8 Å². The molecule has 0 saturated carbocycles. The van der Waals surface area contributed by atoms with Crippen LogP contribution in [-0.4, -0.2) is 9.30 Å². The molecule has 0 amide bonds. The zero-order valence-electron chi connectivity index (χ0n) is 13.0. The third-order valence-corrected chi connectivity index (χ3v) is 5.20. The first-order valence-electron chi connectivity index (χ1n) is 6.48. The largest absolute Gasteiger partial charge is 0.611 e. The molecule has 1 atom stereocenters. The fourth-order valence-electron chi connectivity index (χ4n) is 1.98. The predicted octanol–water partition coefficient (Wildman–Crippen LogP) is 4.51. The van der Waals surface area contributed by atoms with Gasteiger partial charge in [0.15, 0.2) is 4.90 Å². The van der Waals surface area contributed by atoms with Crippen molar-refractivity contribution >= 4 is 11.2 Å². The van der Waals surface area contributed by atoms with E-state index in [1.54, 1.807) is 0 Å². The van der Waals surface area contributed by atoms with Crippen molar-refractivity contribution in [2.45, 2.75) is 70.4 Å². The summed E-state index contributed by atoms with van der Waals surface area (Å²) in [6, 6.07) is 4.37. The maximum absolute atomic E-state index is 12.6. The minimum Gasteiger partial charge on any atom is -0.611 e. The van der Waals surface area contributed by atoms with Gasteiger partial charge in [-0.1, -0.05) is 32.9 Å². The summed E-state index contributed by atoms with van der Waals surface area (Å²) in [7, 11) is 0. The van der Waals surface area contributed by atoms with Crippen LogP contribution in [-0.2, 0) is 16.6 Å². The second-order valence-corrected chi connectivity index (χ2v) is 9.24. The molecule has 0 N–H and O–H groups in total. The van der Waals surface area contributed by atoms with Crippen molar-refractivity contribution in [1.29, 1.82) is 0 Å². The molecule has 0 radical (unpaired) electrons. The predicted molar refractivity (Wildman–Crippen MR) is 80.8 cm³/mol. The van der Waals surface area contributed by atoms with Gasteiger partial charge in [-0.2, -0.15) is 0 Å². The van der Waals surface area contributed by atoms with Crippen LogP contribution in [0.2, 0.25) is 0 Å². The zero-order chi connectivity index (χ0) is 14.3. The van der Waals surface area contributed by atoms with Gasteiger partial charge in [0, 0.05) is 11.1 Å². The van der Waals surface area contributed by atoms with E-state index in [4.69, 9.17) is 0 Å². The Morgan fingerprint density at radius 1 is 0.889 bits per heavy atom. The van der Waals surface area contributed by atoms with Crippen LogP contribution < -0.4 is 0 Å². The quantitative estimate of drug-likeness (QED) is 0.686. The van der Waals surface area contributed by atoms with Gasteiger partial charge in [-0.3, -0.25) is 0 Å². The van der Waals surface area contributed by atoms with Crippen LogP contribution in [0.1, 0.15) is 58.2 Å². The number of hydrogen-bond acceptors (Lipinski definition) is 1. The van der Waals surface area contributed by atoms with E-state index >= 15 is 0 Å². The number of aryl methyl sites for hydroxylation is 2. The standard InChI is InChI=1S/C16H26OS/c1-11-9-13(15(3,4)5)10-12(2)14(11)18(17)16(6,7)8/h9-10H,1-8H3. The topological polar surface area (TPSA) is 23.1 Å². The fourth-order valence-corrected chi connectivity index (χ4v) is 3.30. The van der Waals surface area contributed by atoms with Crippen LogP contribution in [0.5, 0.6) is 0 Å². The second-order valence-electron chi connectivity index (χ2n) is 7.07. The molecular weight excluding hydrogens is 240 g/mol. The number of hydrogen-bond donors (Lipinski definition) is 0. The fraction of sp³-hybridized carbons (Fsp3) is 0.625. The summed E-state index contributed by atoms with van der Waals surface area (Å²) < 4.78 is 12.4. The Hall–Kier alpha value is -0.470. The molecule has 1 rings (SSSR count). The van der Waals surface area contributed by atoms with Crippen LogP contribution in [0.3, 0.4) is 0 Å². The molecule has 0 bridgehead atoms. The van der Waals surface area contributed by atoms with Gasteiger partial charge in [-0.15, -0.1) is 0 Å². The van der Waals surface area contributed by atoms with Crippen LogP contribution >= 0.6 is 0 Å². The lowest BCUT2D eigenvalue weighted by Crippen LogP contribution is -2.29. The number of rotatable bonds is 1. The Morgan fingerprint density at radius 2 is 1.28 bits per heavy atom. The third-order valence-electron chi connectivity index (χ3n) is 3.07. The van der Waals surface area contributed by atoms with Crippen molar-refractivity contribution in [2.75, 3.05) is 0 Å². The molecular formula is C16H26OS. The van der Waals surface area contributed by atoms with Gasteiger partial charge in [0.2, 0.25) is 0 Å². The third kappa shape index (κ3) is 3.30. The molecule has 0 fully saturated rings. The summed E-state index contributed by atoms with van der Waals surface area (Å²) in [5.74, 6) is 0. The molecule has 0 heterocycles. The SMILES string of the molecule is Cc1cc(C(C)(C)C)cc(C)c1[S+]([O-])C(C)(C)C. The van der Waals surface area contributed by atoms with Crippen LogP contribution in [0.15, 0.2) is 17.0 Å². The highest BCUT2D eigenvalue weighted by Crippen LogP contribution is 2.33. The summed E-state index contributed by atoms with van der Waals surface area (Å²) in [4.78, 5) is 1.01. The first kappa shape index (κ1) is 15.6. The van der Waals surface area contributed by atoms with Gasteiger partial charge in [-0.25, -0.2) is 0 Å². The van der Waals surface area contributed by atoms with Crippen molar-refractivity contribution in [3.8, 4) is 0 Å². The lowest BCUT2D eigenvalue weighted by molar-refractivity contribution is 0.556. The second kappa shape index (κ2) is 4.90. The van der Waals surface area contributed by atoms with Crippen molar-refractivity contribution in [1.82, 2.24) is 0 Å². The van der Waals surface area contributed by atoms with Gasteiger partial charge >= 0.3 is 0 Å². The van der Waals surface area contributed by atoms with Gasteiger partial charge < -0.3 is 4.55 Å². The Bertz CT molecular complexity index is 412. The van der Waals surface area contributed by atoms with E-state index < -0.39 is 11.2 Å². The molecule has 0 spiro atoms. The Labute approximate surface area is 115 Å². The molecule has 0 aliphatic carbocycles. The molecule has 0 aliphatic heterocycles. The minimum absolute atomic E-state index is 0.136. The van der Waals surface area contributed by atoms with E-state index in [0.717, 1.165) is 16.0 Å². The van der Waals surface area contributed by atoms with Crippen LogP contribution in [0.4, 0.5) is 0 Å². The molecule has 1 aromatic rings. The molecule has 1 unspecified atom stereocenters. The highest BCUT2D eigenvalue weighted by atomic mass is 32.2. The first-order chi connectivity index (χ1) is 7.94. The minimum atomic E-state index is -0.959. The zero-order valence-corrected chi connectivity index (χ0v) is 13.8. The Kier molecular flexibility index (Phi) is 4.24. The lowest BCUT2D eigenvalue weighted by atomic mass is 9.85. The summed E-state index contributed by atoms with van der Waals surface area (Å²) in [5, 5.41) is 0. The summed E-state index contributed by atoms with van der Waals surface area (Å²) in [5.41, 5.74) is 3.74. The molecule has 102 valence electrons. The number of benzene rings is 1. The van der Waals surface area contributed by atoms with Gasteiger partial charge in [0.25, 0.3) is 0 Å². The highest BCUT2D eigenvalue weighted by Gasteiger charge is 2.31. The van der Waals surface area contributed by atoms with Crippen molar-refractivity contribution in [3.05, 3.63) is 28.8 Å². The maximum Gasteiger partial charge on any atom is 0.159 e. The monoisotopic (exact) mass is 266 g/mol. The van der Waals surface area contributed by atoms with Gasteiger partial charge in [-0.05, 0) is 56.8 Å². The van der Waals surface area contributed by atoms with Crippen LogP contribution in [0.25, 0.3) is 0 Å². The van der Waals surface area contributed by atoms with E-state index in [-0.39, 0.29) is 10.2 Å². The molecule has 0 saturated heterocycles. The normalized spacial score (nSPS) is 14.7. The molecule has 0 aliphatic rings. The van der Waals surface area contributed by atoms with E-state index in [9.17, 15) is 4.55 Å². The summed E-state index contributed by atoms with van der Waals surface area (Å²) >= 11 is -0.959. The average Bonchev–Trinajstić information content (AvgIpc) is 2.13. The molecule has 2 heteroatoms. The smallest absolute Gasteiger partial charge is 0.159 e. The molecule has 1 aromatic carbocycles. The van der Waals surface area contributed by atoms with E-state index in [1.165, 1.54) is 5.56 Å². The Morgan fingerprint density at radius 3 is 1.56 bits per heavy atom. The Balaban J connectivity index is 3.34. The highest BCUT2D eigenvalue weighted by molar-refractivity contribution is 7.92. The van der Waals surface area contributed by atoms with Crippen molar-refractivity contribution < 1.29 is 4.55 Å². The molecule has 18 heavy (non-hydrogen) atoms. The average molecular weight is 266 g/mol. The summed E-state index contributed by atoms with van der Waals surface area (Å²) in [6.07, 6.45) is 0. The molecule has 1 nitrogen and oxygen atoms in total. The van der Waals surface area contributed by atoms with E-state index in [0.29, 0.717) is 0 Å². The lowest BCUT2D eigenvalue weighted by Gasteiger charge is -2.28. The first-order valence-corrected chi connectivity index (χ1v) is 7.63.